The fourth-order valence-electron chi connectivity index (χ4n) is 3.21. The lowest BCUT2D eigenvalue weighted by Crippen LogP contribution is -2.12. The molecule has 0 aliphatic heterocycles. The van der Waals surface area contributed by atoms with E-state index in [1.165, 1.54) is 28.1 Å². The summed E-state index contributed by atoms with van der Waals surface area (Å²) in [6, 6.07) is 8.79. The Bertz CT molecular complexity index is 707. The average molecular weight is 295 g/mol. The van der Waals surface area contributed by atoms with Crippen LogP contribution in [0.1, 0.15) is 34.8 Å². The van der Waals surface area contributed by atoms with Gasteiger partial charge in [0.05, 0.1) is 5.69 Å². The van der Waals surface area contributed by atoms with Gasteiger partial charge in [-0.15, -0.1) is 0 Å². The lowest BCUT2D eigenvalue weighted by Gasteiger charge is -2.11. The van der Waals surface area contributed by atoms with Crippen molar-refractivity contribution in [1.82, 2.24) is 14.5 Å². The van der Waals surface area contributed by atoms with Gasteiger partial charge in [-0.25, -0.2) is 4.98 Å². The molecule has 0 spiro atoms. The summed E-state index contributed by atoms with van der Waals surface area (Å²) >= 11 is 0. The van der Waals surface area contributed by atoms with E-state index in [4.69, 9.17) is 4.98 Å². The highest BCUT2D eigenvalue weighted by molar-refractivity contribution is 5.81. The van der Waals surface area contributed by atoms with E-state index in [-0.39, 0.29) is 0 Å². The lowest BCUT2D eigenvalue weighted by molar-refractivity contribution is 0.417. The van der Waals surface area contributed by atoms with Crippen LogP contribution in [0.3, 0.4) is 0 Å². The second-order valence-electron chi connectivity index (χ2n) is 6.38. The van der Waals surface area contributed by atoms with Crippen LogP contribution in [0.15, 0.2) is 30.3 Å². The van der Waals surface area contributed by atoms with Crippen molar-refractivity contribution in [3.63, 3.8) is 0 Å². The molecule has 0 amide bonds. The first kappa shape index (κ1) is 15.0. The van der Waals surface area contributed by atoms with Gasteiger partial charge < -0.3 is 9.47 Å². The summed E-state index contributed by atoms with van der Waals surface area (Å²) in [7, 11) is 6.38. The number of nitrogens with zero attached hydrogens (tertiary/aromatic N) is 3. The second kappa shape index (κ2) is 6.09. The summed E-state index contributed by atoms with van der Waals surface area (Å²) < 4.78 is 2.25. The standard InChI is InChI=1S/C19H25N3/c1-14-20-19-17(10-7-13-21(2)3)16-9-6-5-8-15(16)11-12-18(19)22(14)4/h5-6,8-10H,7,11-13H2,1-4H3. The molecule has 0 radical (unpaired) electrons. The van der Waals surface area contributed by atoms with Crippen LogP contribution in [0.2, 0.25) is 0 Å². The Kier molecular flexibility index (Phi) is 4.16. The zero-order valence-corrected chi connectivity index (χ0v) is 14.1. The van der Waals surface area contributed by atoms with Crippen molar-refractivity contribution in [2.24, 2.45) is 7.05 Å². The highest BCUT2D eigenvalue weighted by Gasteiger charge is 2.22. The van der Waals surface area contributed by atoms with Gasteiger partial charge in [0.15, 0.2) is 0 Å². The number of aromatic nitrogens is 2. The minimum atomic E-state index is 1.05. The molecule has 0 unspecified atom stereocenters. The summed E-state index contributed by atoms with van der Waals surface area (Å²) in [5, 5.41) is 0. The third kappa shape index (κ3) is 2.73. The molecule has 1 aliphatic rings. The smallest absolute Gasteiger partial charge is 0.106 e. The Morgan fingerprint density at radius 2 is 2.00 bits per heavy atom. The molecule has 3 nitrogen and oxygen atoms in total. The lowest BCUT2D eigenvalue weighted by atomic mass is 9.97. The molecule has 3 heteroatoms. The van der Waals surface area contributed by atoms with Crippen molar-refractivity contribution in [2.75, 3.05) is 20.6 Å². The van der Waals surface area contributed by atoms with Crippen LogP contribution in [-0.4, -0.2) is 35.1 Å². The first-order chi connectivity index (χ1) is 10.6. The van der Waals surface area contributed by atoms with E-state index in [9.17, 15) is 0 Å². The first-order valence-corrected chi connectivity index (χ1v) is 8.03. The molecule has 0 atom stereocenters. The molecule has 116 valence electrons. The predicted octanol–water partition coefficient (Wildman–Crippen LogP) is 3.21. The van der Waals surface area contributed by atoms with Gasteiger partial charge in [0, 0.05) is 24.9 Å². The molecule has 0 N–H and O–H groups in total. The topological polar surface area (TPSA) is 21.1 Å². The summed E-state index contributed by atoms with van der Waals surface area (Å²) in [6.07, 6.45) is 5.57. The van der Waals surface area contributed by atoms with Crippen molar-refractivity contribution in [1.29, 1.82) is 0 Å². The van der Waals surface area contributed by atoms with Crippen LogP contribution in [0.5, 0.6) is 0 Å². The molecule has 3 rings (SSSR count). The number of hydrogen-bond acceptors (Lipinski definition) is 2. The molecule has 0 saturated heterocycles. The van der Waals surface area contributed by atoms with Crippen molar-refractivity contribution >= 4 is 5.57 Å². The summed E-state index contributed by atoms with van der Waals surface area (Å²) in [4.78, 5) is 7.10. The second-order valence-corrected chi connectivity index (χ2v) is 6.38. The van der Waals surface area contributed by atoms with E-state index in [2.05, 4.69) is 67.9 Å². The van der Waals surface area contributed by atoms with Gasteiger partial charge in [-0.3, -0.25) is 0 Å². The summed E-state index contributed by atoms with van der Waals surface area (Å²) in [5.74, 6) is 1.10. The third-order valence-corrected chi connectivity index (χ3v) is 4.56. The third-order valence-electron chi connectivity index (χ3n) is 4.56. The predicted molar refractivity (Wildman–Crippen MR) is 92.0 cm³/mol. The van der Waals surface area contributed by atoms with Crippen LogP contribution >= 0.6 is 0 Å². The van der Waals surface area contributed by atoms with E-state index in [1.54, 1.807) is 0 Å². The molecular weight excluding hydrogens is 270 g/mol. The van der Waals surface area contributed by atoms with Crippen LogP contribution in [0.4, 0.5) is 0 Å². The van der Waals surface area contributed by atoms with Gasteiger partial charge in [0.2, 0.25) is 0 Å². The number of benzene rings is 1. The van der Waals surface area contributed by atoms with E-state index in [1.807, 2.05) is 0 Å². The van der Waals surface area contributed by atoms with E-state index >= 15 is 0 Å². The van der Waals surface area contributed by atoms with Gasteiger partial charge in [-0.2, -0.15) is 0 Å². The van der Waals surface area contributed by atoms with E-state index < -0.39 is 0 Å². The molecule has 1 aromatic carbocycles. The highest BCUT2D eigenvalue weighted by Crippen LogP contribution is 2.33. The van der Waals surface area contributed by atoms with Crippen molar-refractivity contribution in [3.05, 3.63) is 58.7 Å². The number of aryl methyl sites for hydroxylation is 2. The molecule has 0 fully saturated rings. The van der Waals surface area contributed by atoms with Gasteiger partial charge in [-0.05, 0) is 51.4 Å². The first-order valence-electron chi connectivity index (χ1n) is 8.03. The minimum absolute atomic E-state index is 1.05. The monoisotopic (exact) mass is 295 g/mol. The molecule has 2 aromatic rings. The zero-order chi connectivity index (χ0) is 15.7. The highest BCUT2D eigenvalue weighted by atomic mass is 15.1. The maximum Gasteiger partial charge on any atom is 0.106 e. The Balaban J connectivity index is 2.10. The van der Waals surface area contributed by atoms with Gasteiger partial charge >= 0.3 is 0 Å². The molecule has 22 heavy (non-hydrogen) atoms. The molecule has 1 aliphatic carbocycles. The van der Waals surface area contributed by atoms with Gasteiger partial charge in [-0.1, -0.05) is 30.3 Å². The van der Waals surface area contributed by atoms with E-state index in [0.717, 1.165) is 31.6 Å². The van der Waals surface area contributed by atoms with Crippen molar-refractivity contribution in [3.8, 4) is 0 Å². The average Bonchev–Trinajstić information content (AvgIpc) is 2.68. The Morgan fingerprint density at radius 3 is 2.77 bits per heavy atom. The molecule has 0 bridgehead atoms. The minimum Gasteiger partial charge on any atom is -0.335 e. The van der Waals surface area contributed by atoms with Gasteiger partial charge in [0.1, 0.15) is 5.82 Å². The number of fused-ring (bicyclic) bond motifs is 2. The normalized spacial score (nSPS) is 15.8. The quantitative estimate of drug-likeness (QED) is 0.867. The molecule has 1 aromatic heterocycles. The Labute approximate surface area is 133 Å². The number of rotatable bonds is 3. The fraction of sp³-hybridized carbons (Fsp3) is 0.421. The number of imidazole rings is 1. The van der Waals surface area contributed by atoms with Crippen LogP contribution in [-0.2, 0) is 19.9 Å². The maximum absolute atomic E-state index is 4.87. The molecule has 0 saturated carbocycles. The van der Waals surface area contributed by atoms with Crippen molar-refractivity contribution < 1.29 is 0 Å². The SMILES string of the molecule is Cc1nc2c(n1C)CCc1ccccc1C2=CCCN(C)C. The fourth-order valence-corrected chi connectivity index (χ4v) is 3.21. The Hall–Kier alpha value is -1.87. The number of hydrogen-bond donors (Lipinski definition) is 0. The molecular formula is C19H25N3. The van der Waals surface area contributed by atoms with E-state index in [0.29, 0.717) is 0 Å². The summed E-state index contributed by atoms with van der Waals surface area (Å²) in [6.45, 7) is 3.16. The largest absolute Gasteiger partial charge is 0.335 e. The van der Waals surface area contributed by atoms with Crippen molar-refractivity contribution in [2.45, 2.75) is 26.2 Å². The Morgan fingerprint density at radius 1 is 1.23 bits per heavy atom. The van der Waals surface area contributed by atoms with Crippen LogP contribution in [0.25, 0.3) is 5.57 Å². The zero-order valence-electron chi connectivity index (χ0n) is 14.1. The maximum atomic E-state index is 4.87. The van der Waals surface area contributed by atoms with Crippen LogP contribution < -0.4 is 0 Å². The summed E-state index contributed by atoms with van der Waals surface area (Å²) in [5.41, 5.74) is 6.66. The van der Waals surface area contributed by atoms with Gasteiger partial charge in [0.25, 0.3) is 0 Å². The molecule has 1 heterocycles. The van der Waals surface area contributed by atoms with Crippen LogP contribution in [0, 0.1) is 6.92 Å².